The number of allylic oxidation sites excluding steroid dienone is 1. The van der Waals surface area contributed by atoms with E-state index in [1.807, 2.05) is 46.3 Å². The highest BCUT2D eigenvalue weighted by atomic mass is 32.2. The summed E-state index contributed by atoms with van der Waals surface area (Å²) >= 11 is 2.91. The van der Waals surface area contributed by atoms with E-state index in [1.54, 1.807) is 24.3 Å². The Balaban J connectivity index is 1.55. The van der Waals surface area contributed by atoms with Gasteiger partial charge in [-0.1, -0.05) is 30.0 Å². The molecule has 1 amide bonds. The van der Waals surface area contributed by atoms with Crippen molar-refractivity contribution in [2.45, 2.75) is 24.4 Å². The highest BCUT2D eigenvalue weighted by Crippen LogP contribution is 2.36. The molecule has 0 saturated carbocycles. The van der Waals surface area contributed by atoms with Gasteiger partial charge in [0, 0.05) is 24.6 Å². The van der Waals surface area contributed by atoms with Crippen molar-refractivity contribution in [2.75, 3.05) is 12.0 Å². The van der Waals surface area contributed by atoms with Gasteiger partial charge >= 0.3 is 0 Å². The highest BCUT2D eigenvalue weighted by Gasteiger charge is 2.22. The Morgan fingerprint density at radius 2 is 2.16 bits per heavy atom. The number of thioether (sulfide) groups is 1. The number of methoxy groups -OCH3 is 1. The molecule has 0 fully saturated rings. The number of amides is 1. The molecule has 4 aromatic rings. The summed E-state index contributed by atoms with van der Waals surface area (Å²) in [5.41, 5.74) is 1.49. The number of thiazole rings is 1. The summed E-state index contributed by atoms with van der Waals surface area (Å²) in [5, 5.41) is 11.8. The Hall–Kier alpha value is -3.37. The molecule has 3 aromatic heterocycles. The second-order valence-corrected chi connectivity index (χ2v) is 8.40. The normalized spacial score (nSPS) is 10.8. The third-order valence-electron chi connectivity index (χ3n) is 4.49. The Morgan fingerprint density at radius 1 is 1.31 bits per heavy atom. The van der Waals surface area contributed by atoms with Crippen LogP contribution in [0, 0.1) is 0 Å². The van der Waals surface area contributed by atoms with Crippen molar-refractivity contribution in [1.82, 2.24) is 19.7 Å². The molecule has 0 saturated heterocycles. The lowest BCUT2D eigenvalue weighted by Crippen LogP contribution is -2.23. The van der Waals surface area contributed by atoms with Crippen molar-refractivity contribution in [3.05, 3.63) is 66.4 Å². The number of anilines is 2. The van der Waals surface area contributed by atoms with Crippen LogP contribution in [0.4, 0.5) is 10.8 Å². The van der Waals surface area contributed by atoms with Gasteiger partial charge in [-0.05, 0) is 24.3 Å². The quantitative estimate of drug-likeness (QED) is 0.248. The Morgan fingerprint density at radius 3 is 2.88 bits per heavy atom. The number of nitrogens with zero attached hydrogens (tertiary/aromatic N) is 5. The van der Waals surface area contributed by atoms with Crippen molar-refractivity contribution >= 4 is 39.8 Å². The molecular weight excluding hydrogens is 446 g/mol. The van der Waals surface area contributed by atoms with E-state index in [2.05, 4.69) is 21.8 Å². The first-order valence-corrected chi connectivity index (χ1v) is 11.6. The van der Waals surface area contributed by atoms with Gasteiger partial charge < -0.3 is 9.15 Å². The number of carbonyl (C=O) groups is 1. The molecule has 0 aliphatic rings. The summed E-state index contributed by atoms with van der Waals surface area (Å²) in [4.78, 5) is 18.7. The van der Waals surface area contributed by atoms with Crippen LogP contribution in [0.1, 0.15) is 12.6 Å². The third kappa shape index (κ3) is 4.46. The molecule has 8 nitrogen and oxygen atoms in total. The van der Waals surface area contributed by atoms with Gasteiger partial charge in [0.1, 0.15) is 5.75 Å². The molecule has 0 radical (unpaired) electrons. The van der Waals surface area contributed by atoms with Crippen molar-refractivity contribution in [3.63, 3.8) is 0 Å². The standard InChI is InChI=1S/C22H21N5O3S2/c1-4-11-26-20(19-10-7-12-30-19)24-25-22(26)32-14-16-13-31-21(23-16)27(15(2)28)17-8-5-6-9-18(17)29-3/h4-10,12-13H,1,11,14H2,2-3H3. The van der Waals surface area contributed by atoms with Crippen LogP contribution >= 0.6 is 23.1 Å². The van der Waals surface area contributed by atoms with E-state index in [0.29, 0.717) is 40.5 Å². The largest absolute Gasteiger partial charge is 0.495 e. The minimum Gasteiger partial charge on any atom is -0.495 e. The summed E-state index contributed by atoms with van der Waals surface area (Å²) in [6.07, 6.45) is 3.40. The fraction of sp³-hybridized carbons (Fsp3) is 0.182. The molecule has 0 aliphatic carbocycles. The van der Waals surface area contributed by atoms with Crippen LogP contribution in [0.5, 0.6) is 5.75 Å². The molecule has 4 rings (SSSR count). The minimum absolute atomic E-state index is 0.142. The summed E-state index contributed by atoms with van der Waals surface area (Å²) in [6, 6.07) is 11.0. The molecule has 0 aliphatic heterocycles. The number of aromatic nitrogens is 4. The highest BCUT2D eigenvalue weighted by molar-refractivity contribution is 7.98. The van der Waals surface area contributed by atoms with Gasteiger partial charge in [0.15, 0.2) is 16.0 Å². The Labute approximate surface area is 193 Å². The number of carbonyl (C=O) groups excluding carboxylic acids is 1. The second kappa shape index (κ2) is 9.84. The van der Waals surface area contributed by atoms with Crippen LogP contribution in [0.15, 0.2) is 70.3 Å². The first kappa shape index (κ1) is 21.8. The predicted octanol–water partition coefficient (Wildman–Crippen LogP) is 5.17. The van der Waals surface area contributed by atoms with Crippen LogP contribution in [0.2, 0.25) is 0 Å². The van der Waals surface area contributed by atoms with E-state index in [9.17, 15) is 4.79 Å². The van der Waals surface area contributed by atoms with E-state index in [1.165, 1.54) is 30.0 Å². The zero-order chi connectivity index (χ0) is 22.5. The number of para-hydroxylation sites is 2. The Kier molecular flexibility index (Phi) is 6.72. The van der Waals surface area contributed by atoms with Crippen molar-refractivity contribution in [3.8, 4) is 17.3 Å². The molecule has 3 heterocycles. The van der Waals surface area contributed by atoms with Gasteiger partial charge in [-0.2, -0.15) is 0 Å². The molecule has 0 bridgehead atoms. The van der Waals surface area contributed by atoms with Gasteiger partial charge in [0.25, 0.3) is 0 Å². The topological polar surface area (TPSA) is 86.3 Å². The molecule has 1 aromatic carbocycles. The van der Waals surface area contributed by atoms with Crippen molar-refractivity contribution < 1.29 is 13.9 Å². The summed E-state index contributed by atoms with van der Waals surface area (Å²) < 4.78 is 12.8. The third-order valence-corrected chi connectivity index (χ3v) is 6.37. The molecule has 0 atom stereocenters. The van der Waals surface area contributed by atoms with Gasteiger partial charge in [0.05, 0.1) is 24.8 Å². The average Bonchev–Trinajstić information content (AvgIpc) is 3.54. The molecule has 32 heavy (non-hydrogen) atoms. The average molecular weight is 468 g/mol. The van der Waals surface area contributed by atoms with Crippen molar-refractivity contribution in [2.24, 2.45) is 0 Å². The van der Waals surface area contributed by atoms with Gasteiger partial charge in [-0.3, -0.25) is 14.3 Å². The molecule has 0 N–H and O–H groups in total. The first-order valence-electron chi connectivity index (χ1n) is 9.71. The zero-order valence-electron chi connectivity index (χ0n) is 17.6. The maximum atomic E-state index is 12.4. The summed E-state index contributed by atoms with van der Waals surface area (Å²) in [6.45, 7) is 5.89. The van der Waals surface area contributed by atoms with Gasteiger partial charge in [-0.15, -0.1) is 28.1 Å². The van der Waals surface area contributed by atoms with E-state index in [0.717, 1.165) is 10.9 Å². The second-order valence-electron chi connectivity index (χ2n) is 6.62. The number of furan rings is 1. The van der Waals surface area contributed by atoms with Crippen molar-refractivity contribution in [1.29, 1.82) is 0 Å². The van der Waals surface area contributed by atoms with E-state index < -0.39 is 0 Å². The summed E-state index contributed by atoms with van der Waals surface area (Å²) in [7, 11) is 1.58. The van der Waals surface area contributed by atoms with Crippen LogP contribution in [-0.2, 0) is 17.1 Å². The number of hydrogen-bond donors (Lipinski definition) is 0. The number of hydrogen-bond acceptors (Lipinski definition) is 8. The van der Waals surface area contributed by atoms with E-state index >= 15 is 0 Å². The van der Waals surface area contributed by atoms with Crippen LogP contribution in [0.3, 0.4) is 0 Å². The predicted molar refractivity (Wildman–Crippen MR) is 125 cm³/mol. The maximum Gasteiger partial charge on any atom is 0.230 e. The molecule has 10 heteroatoms. The minimum atomic E-state index is -0.142. The van der Waals surface area contributed by atoms with Gasteiger partial charge in [0.2, 0.25) is 11.7 Å². The van der Waals surface area contributed by atoms with Crippen LogP contribution in [-0.4, -0.2) is 32.8 Å². The number of ether oxygens (including phenoxy) is 1. The molecule has 0 unspecified atom stereocenters. The molecule has 0 spiro atoms. The Bertz CT molecular complexity index is 1220. The molecule has 164 valence electrons. The lowest BCUT2D eigenvalue weighted by atomic mass is 10.2. The smallest absolute Gasteiger partial charge is 0.230 e. The number of rotatable bonds is 9. The summed E-state index contributed by atoms with van der Waals surface area (Å²) in [5.74, 6) is 2.33. The van der Waals surface area contributed by atoms with Crippen LogP contribution < -0.4 is 9.64 Å². The SMILES string of the molecule is C=CCn1c(SCc2csc(N(C(C)=O)c3ccccc3OC)n2)nnc1-c1ccco1. The van der Waals surface area contributed by atoms with E-state index in [4.69, 9.17) is 9.15 Å². The van der Waals surface area contributed by atoms with E-state index in [-0.39, 0.29) is 5.91 Å². The first-order chi connectivity index (χ1) is 15.6. The molecular formula is C22H21N5O3S2. The van der Waals surface area contributed by atoms with Crippen LogP contribution in [0.25, 0.3) is 11.6 Å². The fourth-order valence-electron chi connectivity index (χ4n) is 3.10. The number of benzene rings is 1. The van der Waals surface area contributed by atoms with Gasteiger partial charge in [-0.25, -0.2) is 4.98 Å². The fourth-order valence-corrected chi connectivity index (χ4v) is 4.93. The lowest BCUT2D eigenvalue weighted by Gasteiger charge is -2.20. The zero-order valence-corrected chi connectivity index (χ0v) is 19.2. The maximum absolute atomic E-state index is 12.4. The monoisotopic (exact) mass is 467 g/mol. The lowest BCUT2D eigenvalue weighted by molar-refractivity contribution is -0.115.